The number of amides is 2. The van der Waals surface area contributed by atoms with E-state index in [2.05, 4.69) is 4.99 Å². The summed E-state index contributed by atoms with van der Waals surface area (Å²) in [7, 11) is -4.13. The first-order valence-corrected chi connectivity index (χ1v) is 12.9. The molecular formula is C23H31N5O6S. The normalized spacial score (nSPS) is 26.7. The van der Waals surface area contributed by atoms with Crippen molar-refractivity contribution < 1.29 is 27.5 Å². The molecule has 1 spiro atoms. The summed E-state index contributed by atoms with van der Waals surface area (Å²) in [5.41, 5.74) is -0.476. The Morgan fingerprint density at radius 1 is 1.31 bits per heavy atom. The predicted octanol–water partition coefficient (Wildman–Crippen LogP) is 3.34. The highest BCUT2D eigenvalue weighted by Crippen LogP contribution is 2.53. The Kier molecular flexibility index (Phi) is 5.95. The molecule has 3 aliphatic rings. The van der Waals surface area contributed by atoms with Crippen LogP contribution in [0.15, 0.2) is 23.2 Å². The van der Waals surface area contributed by atoms with Gasteiger partial charge in [0.15, 0.2) is 0 Å². The molecule has 1 saturated heterocycles. The first-order chi connectivity index (χ1) is 16.2. The van der Waals surface area contributed by atoms with Crippen LogP contribution in [0.4, 0.5) is 15.3 Å². The topological polar surface area (TPSA) is 141 Å². The summed E-state index contributed by atoms with van der Waals surface area (Å²) < 4.78 is 39.6. The molecule has 0 aromatic heterocycles. The van der Waals surface area contributed by atoms with Crippen molar-refractivity contribution >= 4 is 40.1 Å². The molecule has 3 aliphatic heterocycles. The van der Waals surface area contributed by atoms with Crippen LogP contribution in [0.1, 0.15) is 58.6 Å². The summed E-state index contributed by atoms with van der Waals surface area (Å²) in [5, 5.41) is 8.38. The van der Waals surface area contributed by atoms with Crippen LogP contribution in [0.3, 0.4) is 0 Å². The summed E-state index contributed by atoms with van der Waals surface area (Å²) in [6.45, 7) is 8.95. The van der Waals surface area contributed by atoms with Gasteiger partial charge in [-0.25, -0.2) is 24.2 Å². The number of nitrogens with zero attached hydrogens (tertiary/aromatic N) is 3. The smallest absolute Gasteiger partial charge is 0.422 e. The molecule has 1 aromatic carbocycles. The number of rotatable bonds is 4. The number of fused-ring (bicyclic) bond motifs is 1. The largest absolute Gasteiger partial charge is 0.443 e. The molecule has 0 unspecified atom stereocenters. The first kappa shape index (κ1) is 25.1. The van der Waals surface area contributed by atoms with Crippen LogP contribution in [0, 0.1) is 10.8 Å². The lowest BCUT2D eigenvalue weighted by Crippen LogP contribution is -2.75. The third kappa shape index (κ3) is 4.18. The van der Waals surface area contributed by atoms with Crippen molar-refractivity contribution in [1.29, 1.82) is 5.41 Å². The van der Waals surface area contributed by atoms with Crippen molar-refractivity contribution in [3.63, 3.8) is 0 Å². The Hall–Kier alpha value is -2.99. The fourth-order valence-electron chi connectivity index (χ4n) is 4.74. The second-order valence-electron chi connectivity index (χ2n) is 10.2. The van der Waals surface area contributed by atoms with E-state index >= 15 is 0 Å². The average Bonchev–Trinajstić information content (AvgIpc) is 2.74. The highest BCUT2D eigenvalue weighted by atomic mass is 32.2. The molecule has 0 bridgehead atoms. The number of benzene rings is 1. The van der Waals surface area contributed by atoms with Crippen LogP contribution in [-0.4, -0.2) is 54.8 Å². The van der Waals surface area contributed by atoms with Crippen molar-refractivity contribution in [2.45, 2.75) is 71.8 Å². The Morgan fingerprint density at radius 2 is 2.03 bits per heavy atom. The lowest BCUT2D eigenvalue weighted by Gasteiger charge is -2.59. The maximum Gasteiger partial charge on any atom is 0.422 e. The number of amidine groups is 1. The van der Waals surface area contributed by atoms with E-state index in [0.29, 0.717) is 24.9 Å². The minimum atomic E-state index is -4.13. The monoisotopic (exact) mass is 505 g/mol. The van der Waals surface area contributed by atoms with Gasteiger partial charge < -0.3 is 9.47 Å². The van der Waals surface area contributed by atoms with Crippen molar-refractivity contribution in [3.8, 4) is 0 Å². The van der Waals surface area contributed by atoms with Gasteiger partial charge in [0, 0.05) is 25.7 Å². The van der Waals surface area contributed by atoms with Crippen molar-refractivity contribution in [2.75, 3.05) is 11.4 Å². The van der Waals surface area contributed by atoms with Crippen LogP contribution < -0.4 is 9.62 Å². The van der Waals surface area contributed by atoms with Gasteiger partial charge in [-0.2, -0.15) is 12.7 Å². The minimum absolute atomic E-state index is 0.0273. The van der Waals surface area contributed by atoms with Crippen molar-refractivity contribution in [2.24, 2.45) is 10.4 Å². The van der Waals surface area contributed by atoms with Crippen LogP contribution >= 0.6 is 0 Å². The molecule has 0 radical (unpaired) electrons. The van der Waals surface area contributed by atoms with Gasteiger partial charge in [0.1, 0.15) is 11.4 Å². The van der Waals surface area contributed by atoms with Crippen LogP contribution in [0.25, 0.3) is 0 Å². The van der Waals surface area contributed by atoms with Gasteiger partial charge in [-0.05, 0) is 63.8 Å². The van der Waals surface area contributed by atoms with E-state index in [-0.39, 0.29) is 18.9 Å². The predicted molar refractivity (Wildman–Crippen MR) is 130 cm³/mol. The van der Waals surface area contributed by atoms with E-state index in [1.165, 1.54) is 4.31 Å². The third-order valence-corrected chi connectivity index (χ3v) is 8.27. The Balaban J connectivity index is 1.60. The van der Waals surface area contributed by atoms with Crippen molar-refractivity contribution in [3.05, 3.63) is 29.3 Å². The Morgan fingerprint density at radius 3 is 2.66 bits per heavy atom. The molecule has 2 amide bonds. The summed E-state index contributed by atoms with van der Waals surface area (Å²) in [6.07, 6.45) is 1.35. The highest BCUT2D eigenvalue weighted by molar-refractivity contribution is 7.87. The van der Waals surface area contributed by atoms with Crippen LogP contribution in [-0.2, 0) is 32.6 Å². The van der Waals surface area contributed by atoms with Gasteiger partial charge in [-0.3, -0.25) is 5.41 Å². The van der Waals surface area contributed by atoms with Crippen molar-refractivity contribution in [1.82, 2.24) is 9.03 Å². The second kappa shape index (κ2) is 8.30. The molecule has 1 aromatic rings. The van der Waals surface area contributed by atoms with Gasteiger partial charge in [-0.1, -0.05) is 13.0 Å². The molecule has 1 fully saturated rings. The molecule has 0 saturated carbocycles. The standard InChI is InChI=1S/C23H31N5O6S/c1-6-22(5)18(24)25-11-10-23(22)28(20(30)34-23)17-8-7-15-9-12-27(14-16(15)13-17)35(31,32)26-19(29)33-21(2,3)4/h7-8,11,13,24H,6,9-10,12,14H2,1-5H3,(H,26,29)/t22-,23+/m1/s1. The van der Waals surface area contributed by atoms with Gasteiger partial charge in [-0.15, -0.1) is 0 Å². The van der Waals surface area contributed by atoms with E-state index in [9.17, 15) is 18.0 Å². The van der Waals surface area contributed by atoms with Gasteiger partial charge in [0.25, 0.3) is 0 Å². The Labute approximate surface area is 205 Å². The van der Waals surface area contributed by atoms with E-state index in [1.54, 1.807) is 38.0 Å². The number of hydrogen-bond acceptors (Lipinski definition) is 7. The average molecular weight is 506 g/mol. The lowest BCUT2D eigenvalue weighted by molar-refractivity contribution is -0.102. The summed E-state index contributed by atoms with van der Waals surface area (Å²) in [6, 6.07) is 5.47. The number of hydrogen-bond donors (Lipinski definition) is 2. The molecule has 35 heavy (non-hydrogen) atoms. The van der Waals surface area contributed by atoms with E-state index < -0.39 is 39.1 Å². The molecule has 3 heterocycles. The molecule has 12 heteroatoms. The summed E-state index contributed by atoms with van der Waals surface area (Å²) in [4.78, 5) is 30.4. The second-order valence-corrected chi connectivity index (χ2v) is 11.9. The number of anilines is 1. The molecular weight excluding hydrogens is 474 g/mol. The van der Waals surface area contributed by atoms with Crippen LogP contribution in [0.5, 0.6) is 0 Å². The molecule has 11 nitrogen and oxygen atoms in total. The maximum atomic E-state index is 12.8. The number of nitrogens with one attached hydrogen (secondary N) is 2. The van der Waals surface area contributed by atoms with Gasteiger partial charge in [0.05, 0.1) is 11.1 Å². The number of carbonyl (C=O) groups is 2. The van der Waals surface area contributed by atoms with Gasteiger partial charge in [0.2, 0.25) is 5.72 Å². The molecule has 2 N–H and O–H groups in total. The quantitative estimate of drug-likeness (QED) is 0.643. The Bertz CT molecular complexity index is 1220. The van der Waals surface area contributed by atoms with Gasteiger partial charge >= 0.3 is 22.4 Å². The zero-order chi connectivity index (χ0) is 25.8. The SMILES string of the molecule is CC[C@]1(C)C(=N)N=CC[C@]12OC(=O)N2c1ccc2c(c1)CN(S(=O)(=O)NC(=O)OC(C)(C)C)CC2. The van der Waals surface area contributed by atoms with E-state index in [0.717, 1.165) is 11.1 Å². The number of carbonyl (C=O) groups excluding carboxylic acids is 2. The highest BCUT2D eigenvalue weighted by Gasteiger charge is 2.66. The minimum Gasteiger partial charge on any atom is -0.443 e. The summed E-state index contributed by atoms with van der Waals surface area (Å²) in [5.74, 6) is 0.146. The molecule has 0 aliphatic carbocycles. The first-order valence-electron chi connectivity index (χ1n) is 11.5. The fraction of sp³-hybridized carbons (Fsp3) is 0.565. The number of aliphatic imine (C=N–C) groups is 1. The molecule has 2 atom stereocenters. The zero-order valence-electron chi connectivity index (χ0n) is 20.5. The summed E-state index contributed by atoms with van der Waals surface area (Å²) >= 11 is 0. The lowest BCUT2D eigenvalue weighted by atomic mass is 9.70. The third-order valence-electron chi connectivity index (χ3n) is 6.86. The van der Waals surface area contributed by atoms with E-state index in [4.69, 9.17) is 14.9 Å². The molecule has 4 rings (SSSR count). The molecule has 190 valence electrons. The van der Waals surface area contributed by atoms with E-state index in [1.807, 2.05) is 30.7 Å². The number of ether oxygens (including phenoxy) is 2. The fourth-order valence-corrected chi connectivity index (χ4v) is 5.76. The maximum absolute atomic E-state index is 12.8. The van der Waals surface area contributed by atoms with Crippen LogP contribution in [0.2, 0.25) is 0 Å². The zero-order valence-corrected chi connectivity index (χ0v) is 21.4.